The van der Waals surface area contributed by atoms with Crippen molar-refractivity contribution in [1.29, 1.82) is 0 Å². The first-order valence-corrected chi connectivity index (χ1v) is 12.8. The van der Waals surface area contributed by atoms with E-state index >= 15 is 0 Å². The molecule has 1 aliphatic heterocycles. The molecule has 4 aromatic rings. The van der Waals surface area contributed by atoms with E-state index < -0.39 is 11.0 Å². The maximum Gasteiger partial charge on any atom is 0.242 e. The number of anilines is 1. The van der Waals surface area contributed by atoms with Gasteiger partial charge in [-0.15, -0.1) is 11.6 Å². The molecule has 0 bridgehead atoms. The Morgan fingerprint density at radius 2 is 1.22 bits per heavy atom. The summed E-state index contributed by atoms with van der Waals surface area (Å²) >= 11 is 6.05. The zero-order chi connectivity index (χ0) is 25.3. The van der Waals surface area contributed by atoms with Crippen molar-refractivity contribution in [3.8, 4) is 0 Å². The van der Waals surface area contributed by atoms with Crippen LogP contribution in [0, 0.1) is 0 Å². The van der Waals surface area contributed by atoms with E-state index in [1.807, 2.05) is 4.90 Å². The second-order valence-electron chi connectivity index (χ2n) is 9.92. The summed E-state index contributed by atoms with van der Waals surface area (Å²) in [6.07, 6.45) is 2.17. The molecule has 180 valence electrons. The molecule has 4 aromatic carbocycles. The number of allylic oxidation sites excluding steroid dienone is 1. The monoisotopic (exact) mass is 491 g/mol. The van der Waals surface area contributed by atoms with E-state index in [0.29, 0.717) is 0 Å². The number of nitrogens with zero attached hydrogens (tertiary/aromatic N) is 1. The third kappa shape index (κ3) is 3.86. The molecule has 0 saturated heterocycles. The highest BCUT2D eigenvalue weighted by Gasteiger charge is 2.40. The Kier molecular flexibility index (Phi) is 6.32. The standard InChI is InChI=1S/C33H30ClNO/c1-24-22-32(2,3)35(31(36)23-34)30-20-19-28(21-29(24)30)33(25-13-7-4-8-14-25,26-15-9-5-10-16-26)27-17-11-6-12-18-27/h4-22H,23H2,1-3H3. The van der Waals surface area contributed by atoms with Crippen LogP contribution in [0.25, 0.3) is 5.57 Å². The Balaban J connectivity index is 1.85. The van der Waals surface area contributed by atoms with Gasteiger partial charge in [-0.05, 0) is 60.7 Å². The van der Waals surface area contributed by atoms with Crippen LogP contribution in [0.3, 0.4) is 0 Å². The summed E-state index contributed by atoms with van der Waals surface area (Å²) in [6, 6.07) is 38.5. The minimum Gasteiger partial charge on any atom is -0.302 e. The molecular weight excluding hydrogens is 462 g/mol. The van der Waals surface area contributed by atoms with Crippen molar-refractivity contribution in [1.82, 2.24) is 0 Å². The number of carbonyl (C=O) groups excluding carboxylic acids is 1. The van der Waals surface area contributed by atoms with Crippen molar-refractivity contribution >= 4 is 28.8 Å². The fourth-order valence-corrected chi connectivity index (χ4v) is 5.96. The number of rotatable bonds is 5. The normalized spacial score (nSPS) is 14.7. The van der Waals surface area contributed by atoms with E-state index in [1.165, 1.54) is 16.7 Å². The maximum atomic E-state index is 13.0. The van der Waals surface area contributed by atoms with Crippen LogP contribution in [0.2, 0.25) is 0 Å². The number of benzene rings is 4. The zero-order valence-corrected chi connectivity index (χ0v) is 21.7. The lowest BCUT2D eigenvalue weighted by Gasteiger charge is -2.43. The minimum atomic E-state index is -0.534. The highest BCUT2D eigenvalue weighted by molar-refractivity contribution is 6.29. The van der Waals surface area contributed by atoms with Crippen LogP contribution in [0.5, 0.6) is 0 Å². The van der Waals surface area contributed by atoms with Crippen LogP contribution in [-0.4, -0.2) is 17.3 Å². The molecule has 0 saturated carbocycles. The van der Waals surface area contributed by atoms with Crippen LogP contribution >= 0.6 is 11.6 Å². The number of fused-ring (bicyclic) bond motifs is 1. The number of amides is 1. The lowest BCUT2D eigenvalue weighted by Crippen LogP contribution is -2.49. The van der Waals surface area contributed by atoms with Crippen molar-refractivity contribution in [3.63, 3.8) is 0 Å². The molecule has 36 heavy (non-hydrogen) atoms. The van der Waals surface area contributed by atoms with Gasteiger partial charge >= 0.3 is 0 Å². The van der Waals surface area contributed by atoms with Crippen LogP contribution in [0.1, 0.15) is 48.6 Å². The molecule has 0 unspecified atom stereocenters. The van der Waals surface area contributed by atoms with Crippen molar-refractivity contribution in [2.45, 2.75) is 31.7 Å². The SMILES string of the molecule is CC1=CC(C)(C)N(C(=O)CCl)c2ccc(C(c3ccccc3)(c3ccccc3)c3ccccc3)cc21. The van der Waals surface area contributed by atoms with E-state index in [1.54, 1.807) is 0 Å². The third-order valence-corrected chi connectivity index (χ3v) is 7.45. The average molecular weight is 492 g/mol. The molecule has 0 fully saturated rings. The van der Waals surface area contributed by atoms with Gasteiger partial charge in [0.15, 0.2) is 0 Å². The van der Waals surface area contributed by atoms with Gasteiger partial charge < -0.3 is 4.90 Å². The van der Waals surface area contributed by atoms with E-state index in [9.17, 15) is 4.79 Å². The van der Waals surface area contributed by atoms with Gasteiger partial charge in [0.25, 0.3) is 0 Å². The van der Waals surface area contributed by atoms with Gasteiger partial charge in [-0.25, -0.2) is 0 Å². The third-order valence-electron chi connectivity index (χ3n) is 7.23. The predicted octanol–water partition coefficient (Wildman–Crippen LogP) is 7.84. The summed E-state index contributed by atoms with van der Waals surface area (Å²) in [5.41, 5.74) is 6.83. The fraction of sp³-hybridized carbons (Fsp3) is 0.182. The van der Waals surface area contributed by atoms with Crippen LogP contribution in [0.4, 0.5) is 5.69 Å². The molecule has 1 aliphatic rings. The zero-order valence-electron chi connectivity index (χ0n) is 20.9. The van der Waals surface area contributed by atoms with Gasteiger partial charge in [-0.1, -0.05) is 103 Å². The molecule has 0 aromatic heterocycles. The largest absolute Gasteiger partial charge is 0.302 e. The first-order chi connectivity index (χ1) is 17.4. The number of alkyl halides is 1. The number of halogens is 1. The Hall–Kier alpha value is -3.62. The lowest BCUT2D eigenvalue weighted by molar-refractivity contribution is -0.117. The maximum absolute atomic E-state index is 13.0. The summed E-state index contributed by atoms with van der Waals surface area (Å²) in [4.78, 5) is 14.8. The molecular formula is C33H30ClNO. The van der Waals surface area contributed by atoms with Crippen molar-refractivity contribution < 1.29 is 4.79 Å². The summed E-state index contributed by atoms with van der Waals surface area (Å²) in [5, 5.41) is 0. The fourth-order valence-electron chi connectivity index (χ4n) is 5.84. The average Bonchev–Trinajstić information content (AvgIpc) is 2.90. The molecule has 1 heterocycles. The van der Waals surface area contributed by atoms with Gasteiger partial charge in [-0.3, -0.25) is 4.79 Å². The van der Waals surface area contributed by atoms with E-state index in [-0.39, 0.29) is 11.8 Å². The highest BCUT2D eigenvalue weighted by atomic mass is 35.5. The van der Waals surface area contributed by atoms with Gasteiger partial charge in [0.1, 0.15) is 5.88 Å². The van der Waals surface area contributed by atoms with Crippen LogP contribution in [-0.2, 0) is 10.2 Å². The summed E-state index contributed by atoms with van der Waals surface area (Å²) in [6.45, 7) is 6.24. The van der Waals surface area contributed by atoms with E-state index in [0.717, 1.165) is 22.4 Å². The van der Waals surface area contributed by atoms with E-state index in [2.05, 4.69) is 136 Å². The van der Waals surface area contributed by atoms with Gasteiger partial charge in [0, 0.05) is 5.56 Å². The topological polar surface area (TPSA) is 20.3 Å². The molecule has 0 radical (unpaired) electrons. The second kappa shape index (κ2) is 9.44. The van der Waals surface area contributed by atoms with Gasteiger partial charge in [0.05, 0.1) is 16.6 Å². The quantitative estimate of drug-likeness (QED) is 0.206. The Bertz CT molecular complexity index is 1310. The van der Waals surface area contributed by atoms with Gasteiger partial charge in [-0.2, -0.15) is 0 Å². The molecule has 3 heteroatoms. The lowest BCUT2D eigenvalue weighted by atomic mass is 9.64. The Morgan fingerprint density at radius 1 is 0.750 bits per heavy atom. The smallest absolute Gasteiger partial charge is 0.242 e. The number of carbonyl (C=O) groups is 1. The van der Waals surface area contributed by atoms with Crippen LogP contribution < -0.4 is 4.90 Å². The molecule has 2 nitrogen and oxygen atoms in total. The first kappa shape index (κ1) is 24.1. The second-order valence-corrected chi connectivity index (χ2v) is 10.2. The minimum absolute atomic E-state index is 0.0561. The molecule has 0 spiro atoms. The summed E-state index contributed by atoms with van der Waals surface area (Å²) < 4.78 is 0. The van der Waals surface area contributed by atoms with Crippen LogP contribution in [0.15, 0.2) is 115 Å². The Morgan fingerprint density at radius 3 is 1.67 bits per heavy atom. The number of hydrogen-bond donors (Lipinski definition) is 0. The van der Waals surface area contributed by atoms with Crippen molar-refractivity contribution in [2.75, 3.05) is 10.8 Å². The molecule has 0 N–H and O–H groups in total. The van der Waals surface area contributed by atoms with Gasteiger partial charge in [0.2, 0.25) is 5.91 Å². The molecule has 5 rings (SSSR count). The highest BCUT2D eigenvalue weighted by Crippen LogP contribution is 2.48. The first-order valence-electron chi connectivity index (χ1n) is 12.3. The summed E-state index contributed by atoms with van der Waals surface area (Å²) in [7, 11) is 0. The number of hydrogen-bond acceptors (Lipinski definition) is 1. The van der Waals surface area contributed by atoms with Crippen molar-refractivity contribution in [3.05, 3.63) is 143 Å². The molecule has 0 aliphatic carbocycles. The van der Waals surface area contributed by atoms with Crippen molar-refractivity contribution in [2.24, 2.45) is 0 Å². The molecule has 0 atom stereocenters. The predicted molar refractivity (Wildman–Crippen MR) is 151 cm³/mol. The summed E-state index contributed by atoms with van der Waals surface area (Å²) in [5.74, 6) is -0.153. The molecule has 1 amide bonds. The Labute approximate surface area is 218 Å². The van der Waals surface area contributed by atoms with E-state index in [4.69, 9.17) is 11.6 Å².